The maximum Gasteiger partial charge on any atom is 0.213 e. The standard InChI is InChI=1S/C11H10FN/c1-7-3-4-8(2)11-9(7)5-6-10(12)13-11/h3-6H,1-2H3. The van der Waals surface area contributed by atoms with E-state index >= 15 is 0 Å². The first-order valence-electron chi connectivity index (χ1n) is 4.21. The first-order valence-corrected chi connectivity index (χ1v) is 4.21. The second kappa shape index (κ2) is 2.80. The summed E-state index contributed by atoms with van der Waals surface area (Å²) < 4.78 is 12.8. The van der Waals surface area contributed by atoms with E-state index in [9.17, 15) is 4.39 Å². The second-order valence-electron chi connectivity index (χ2n) is 3.23. The Labute approximate surface area is 76.2 Å². The predicted octanol–water partition coefficient (Wildman–Crippen LogP) is 2.99. The molecular formula is C11H10FN. The minimum atomic E-state index is -0.416. The molecule has 0 saturated carbocycles. The van der Waals surface area contributed by atoms with Gasteiger partial charge in [0.1, 0.15) is 0 Å². The van der Waals surface area contributed by atoms with Gasteiger partial charge in [-0.25, -0.2) is 4.98 Å². The van der Waals surface area contributed by atoms with Crippen molar-refractivity contribution in [3.63, 3.8) is 0 Å². The van der Waals surface area contributed by atoms with Gasteiger partial charge in [-0.1, -0.05) is 12.1 Å². The van der Waals surface area contributed by atoms with Gasteiger partial charge >= 0.3 is 0 Å². The third-order valence-corrected chi connectivity index (χ3v) is 2.24. The molecule has 13 heavy (non-hydrogen) atoms. The van der Waals surface area contributed by atoms with Crippen LogP contribution in [-0.2, 0) is 0 Å². The van der Waals surface area contributed by atoms with E-state index in [1.807, 2.05) is 26.0 Å². The molecule has 0 fully saturated rings. The third-order valence-electron chi connectivity index (χ3n) is 2.24. The molecular weight excluding hydrogens is 165 g/mol. The molecule has 1 aromatic carbocycles. The zero-order valence-corrected chi connectivity index (χ0v) is 7.63. The average molecular weight is 175 g/mol. The zero-order chi connectivity index (χ0) is 9.42. The normalized spacial score (nSPS) is 10.7. The molecule has 1 aromatic heterocycles. The number of nitrogens with zero attached hydrogens (tertiary/aromatic N) is 1. The molecule has 0 N–H and O–H groups in total. The van der Waals surface area contributed by atoms with Crippen molar-refractivity contribution < 1.29 is 4.39 Å². The Balaban J connectivity index is 2.92. The van der Waals surface area contributed by atoms with Gasteiger partial charge in [0, 0.05) is 5.39 Å². The number of pyridine rings is 1. The van der Waals surface area contributed by atoms with Gasteiger partial charge in [-0.2, -0.15) is 4.39 Å². The van der Waals surface area contributed by atoms with Crippen molar-refractivity contribution in [2.24, 2.45) is 0 Å². The topological polar surface area (TPSA) is 12.9 Å². The van der Waals surface area contributed by atoms with Crippen LogP contribution in [0.3, 0.4) is 0 Å². The summed E-state index contributed by atoms with van der Waals surface area (Å²) >= 11 is 0. The van der Waals surface area contributed by atoms with Crippen molar-refractivity contribution in [1.82, 2.24) is 4.98 Å². The zero-order valence-electron chi connectivity index (χ0n) is 7.63. The van der Waals surface area contributed by atoms with Crippen molar-refractivity contribution in [2.75, 3.05) is 0 Å². The largest absolute Gasteiger partial charge is 0.219 e. The highest BCUT2D eigenvalue weighted by atomic mass is 19.1. The summed E-state index contributed by atoms with van der Waals surface area (Å²) in [5, 5.41) is 1.03. The Hall–Kier alpha value is -1.44. The number of halogens is 1. The molecule has 66 valence electrons. The van der Waals surface area contributed by atoms with E-state index in [4.69, 9.17) is 0 Å². The van der Waals surface area contributed by atoms with Crippen molar-refractivity contribution in [3.8, 4) is 0 Å². The summed E-state index contributed by atoms with van der Waals surface area (Å²) in [6.07, 6.45) is 0. The van der Waals surface area contributed by atoms with E-state index < -0.39 is 5.95 Å². The van der Waals surface area contributed by atoms with Gasteiger partial charge in [0.25, 0.3) is 0 Å². The fraction of sp³-hybridized carbons (Fsp3) is 0.182. The SMILES string of the molecule is Cc1ccc(C)c2nc(F)ccc12. The first kappa shape index (κ1) is 8.17. The predicted molar refractivity (Wildman–Crippen MR) is 51.2 cm³/mol. The molecule has 0 unspecified atom stereocenters. The number of benzene rings is 1. The molecule has 1 heterocycles. The molecule has 0 radical (unpaired) electrons. The number of hydrogen-bond donors (Lipinski definition) is 0. The van der Waals surface area contributed by atoms with Gasteiger partial charge in [0.2, 0.25) is 5.95 Å². The van der Waals surface area contributed by atoms with Crippen molar-refractivity contribution in [3.05, 3.63) is 41.3 Å². The van der Waals surface area contributed by atoms with Crippen LogP contribution in [0, 0.1) is 19.8 Å². The molecule has 0 spiro atoms. The van der Waals surface area contributed by atoms with E-state index in [2.05, 4.69) is 4.98 Å². The summed E-state index contributed by atoms with van der Waals surface area (Å²) in [5.74, 6) is -0.416. The fourth-order valence-electron chi connectivity index (χ4n) is 1.47. The van der Waals surface area contributed by atoms with Crippen molar-refractivity contribution >= 4 is 10.9 Å². The number of aromatic nitrogens is 1. The van der Waals surface area contributed by atoms with Crippen LogP contribution in [-0.4, -0.2) is 4.98 Å². The number of hydrogen-bond acceptors (Lipinski definition) is 1. The lowest BCUT2D eigenvalue weighted by Gasteiger charge is -2.03. The number of fused-ring (bicyclic) bond motifs is 1. The Bertz CT molecular complexity index is 463. The third kappa shape index (κ3) is 1.28. The smallest absolute Gasteiger partial charge is 0.213 e. The highest BCUT2D eigenvalue weighted by Crippen LogP contribution is 2.19. The summed E-state index contributed by atoms with van der Waals surface area (Å²) in [4.78, 5) is 3.87. The maximum absolute atomic E-state index is 12.8. The Morgan fingerprint density at radius 1 is 1.00 bits per heavy atom. The van der Waals surface area contributed by atoms with Crippen LogP contribution in [0.25, 0.3) is 10.9 Å². The average Bonchev–Trinajstić information content (AvgIpc) is 2.12. The fourth-order valence-corrected chi connectivity index (χ4v) is 1.47. The Morgan fingerprint density at radius 2 is 1.69 bits per heavy atom. The molecule has 0 saturated heterocycles. The van der Waals surface area contributed by atoms with Gasteiger partial charge in [-0.3, -0.25) is 0 Å². The Kier molecular flexibility index (Phi) is 1.76. The molecule has 2 aromatic rings. The molecule has 0 aliphatic heterocycles. The molecule has 2 heteroatoms. The summed E-state index contributed by atoms with van der Waals surface area (Å²) in [7, 11) is 0. The van der Waals surface area contributed by atoms with Crippen LogP contribution in [0.4, 0.5) is 4.39 Å². The van der Waals surface area contributed by atoms with E-state index in [0.29, 0.717) is 0 Å². The number of aryl methyl sites for hydroxylation is 2. The highest BCUT2D eigenvalue weighted by molar-refractivity contribution is 5.84. The van der Waals surface area contributed by atoms with Crippen LogP contribution >= 0.6 is 0 Å². The molecule has 0 atom stereocenters. The molecule has 0 amide bonds. The minimum absolute atomic E-state index is 0.416. The molecule has 0 bridgehead atoms. The lowest BCUT2D eigenvalue weighted by molar-refractivity contribution is 0.589. The Morgan fingerprint density at radius 3 is 2.46 bits per heavy atom. The van der Waals surface area contributed by atoms with Gasteiger partial charge in [-0.15, -0.1) is 0 Å². The van der Waals surface area contributed by atoms with E-state index in [-0.39, 0.29) is 0 Å². The number of rotatable bonds is 0. The van der Waals surface area contributed by atoms with Gasteiger partial charge in [-0.05, 0) is 37.1 Å². The van der Waals surface area contributed by atoms with E-state index in [0.717, 1.165) is 22.0 Å². The second-order valence-corrected chi connectivity index (χ2v) is 3.23. The molecule has 1 nitrogen and oxygen atoms in total. The molecule has 0 aliphatic carbocycles. The highest BCUT2D eigenvalue weighted by Gasteiger charge is 2.02. The maximum atomic E-state index is 12.8. The first-order chi connectivity index (χ1) is 6.18. The van der Waals surface area contributed by atoms with Crippen LogP contribution in [0.5, 0.6) is 0 Å². The van der Waals surface area contributed by atoms with E-state index in [1.165, 1.54) is 6.07 Å². The molecule has 0 aliphatic rings. The van der Waals surface area contributed by atoms with Gasteiger partial charge in [0.05, 0.1) is 5.52 Å². The summed E-state index contributed by atoms with van der Waals surface area (Å²) in [6.45, 7) is 3.94. The summed E-state index contributed by atoms with van der Waals surface area (Å²) in [6, 6.07) is 7.16. The van der Waals surface area contributed by atoms with Crippen LogP contribution < -0.4 is 0 Å². The lowest BCUT2D eigenvalue weighted by Crippen LogP contribution is -1.89. The van der Waals surface area contributed by atoms with E-state index in [1.54, 1.807) is 6.07 Å². The lowest BCUT2D eigenvalue weighted by atomic mass is 10.1. The van der Waals surface area contributed by atoms with Crippen molar-refractivity contribution in [1.29, 1.82) is 0 Å². The quantitative estimate of drug-likeness (QED) is 0.561. The molecule has 2 rings (SSSR count). The summed E-state index contributed by atoms with van der Waals surface area (Å²) in [5.41, 5.74) is 2.91. The monoisotopic (exact) mass is 175 g/mol. The van der Waals surface area contributed by atoms with Crippen molar-refractivity contribution in [2.45, 2.75) is 13.8 Å². The van der Waals surface area contributed by atoms with Gasteiger partial charge in [0.15, 0.2) is 0 Å². The van der Waals surface area contributed by atoms with Crippen LogP contribution in [0.2, 0.25) is 0 Å². The van der Waals surface area contributed by atoms with Crippen LogP contribution in [0.15, 0.2) is 24.3 Å². The minimum Gasteiger partial charge on any atom is -0.219 e. The van der Waals surface area contributed by atoms with Gasteiger partial charge < -0.3 is 0 Å². The van der Waals surface area contributed by atoms with Crippen LogP contribution in [0.1, 0.15) is 11.1 Å².